The summed E-state index contributed by atoms with van der Waals surface area (Å²) in [6.45, 7) is 7.22. The molecule has 3 aromatic rings. The molecule has 2 aromatic carbocycles. The second-order valence-corrected chi connectivity index (χ2v) is 8.45. The molecule has 0 radical (unpaired) electrons. The topological polar surface area (TPSA) is 64.5 Å². The van der Waals surface area contributed by atoms with Gasteiger partial charge in [-0.3, -0.25) is 4.79 Å². The van der Waals surface area contributed by atoms with E-state index in [0.717, 1.165) is 11.4 Å². The fourth-order valence-electron chi connectivity index (χ4n) is 3.56. The number of rotatable bonds is 5. The van der Waals surface area contributed by atoms with Crippen molar-refractivity contribution in [1.29, 1.82) is 0 Å². The van der Waals surface area contributed by atoms with Crippen LogP contribution in [0.25, 0.3) is 0 Å². The van der Waals surface area contributed by atoms with Crippen LogP contribution in [0.5, 0.6) is 10.9 Å². The Morgan fingerprint density at radius 1 is 1.17 bits per heavy atom. The standard InChI is InChI=1S/C23H25N3O3S/c1-15-7-9-18(10-8-15)11-21-24-23(30-25-21)29-20-6-4-5-19(12-20)22(27)26-13-16(2)28-17(3)14-26/h4-10,12,16-17H,11,13-14H2,1-3H3. The first-order chi connectivity index (χ1) is 14.5. The Kier molecular flexibility index (Phi) is 6.11. The molecular weight excluding hydrogens is 398 g/mol. The molecule has 2 heterocycles. The Labute approximate surface area is 180 Å². The van der Waals surface area contributed by atoms with Crippen LogP contribution in [0.15, 0.2) is 48.5 Å². The molecule has 0 spiro atoms. The van der Waals surface area contributed by atoms with Gasteiger partial charge >= 0.3 is 0 Å². The highest BCUT2D eigenvalue weighted by molar-refractivity contribution is 7.07. The highest BCUT2D eigenvalue weighted by Gasteiger charge is 2.26. The molecule has 2 unspecified atom stereocenters. The molecule has 0 bridgehead atoms. The number of ether oxygens (including phenoxy) is 2. The molecule has 6 nitrogen and oxygen atoms in total. The molecule has 1 aliphatic rings. The fourth-order valence-corrected chi connectivity index (χ4v) is 4.13. The number of carbonyl (C=O) groups excluding carboxylic acids is 1. The monoisotopic (exact) mass is 423 g/mol. The molecular formula is C23H25N3O3S. The summed E-state index contributed by atoms with van der Waals surface area (Å²) < 4.78 is 16.0. The summed E-state index contributed by atoms with van der Waals surface area (Å²) in [6.07, 6.45) is 0.724. The number of aryl methyl sites for hydroxylation is 1. The van der Waals surface area contributed by atoms with Gasteiger partial charge in [-0.05, 0) is 44.5 Å². The molecule has 4 rings (SSSR count). The van der Waals surface area contributed by atoms with Gasteiger partial charge in [0.05, 0.1) is 12.2 Å². The summed E-state index contributed by atoms with van der Waals surface area (Å²) in [4.78, 5) is 19.2. The van der Waals surface area contributed by atoms with Crippen molar-refractivity contribution in [2.45, 2.75) is 39.4 Å². The molecule has 156 valence electrons. The normalized spacial score (nSPS) is 19.0. The number of amides is 1. The molecule has 0 aliphatic carbocycles. The summed E-state index contributed by atoms with van der Waals surface area (Å²) >= 11 is 1.21. The Bertz CT molecular complexity index is 1010. The van der Waals surface area contributed by atoms with Crippen LogP contribution in [0.1, 0.15) is 41.2 Å². The third kappa shape index (κ3) is 5.04. The van der Waals surface area contributed by atoms with Crippen molar-refractivity contribution in [3.63, 3.8) is 0 Å². The van der Waals surface area contributed by atoms with Crippen LogP contribution in [-0.4, -0.2) is 45.5 Å². The summed E-state index contributed by atoms with van der Waals surface area (Å²) in [5.74, 6) is 1.29. The maximum atomic E-state index is 12.9. The second kappa shape index (κ2) is 8.93. The Morgan fingerprint density at radius 2 is 1.90 bits per heavy atom. The molecule has 1 saturated heterocycles. The van der Waals surface area contributed by atoms with Gasteiger partial charge in [0, 0.05) is 36.6 Å². The minimum absolute atomic E-state index is 0.0141. The van der Waals surface area contributed by atoms with E-state index in [2.05, 4.69) is 40.5 Å². The smallest absolute Gasteiger partial charge is 0.298 e. The average Bonchev–Trinajstić information content (AvgIpc) is 3.15. The van der Waals surface area contributed by atoms with Gasteiger partial charge < -0.3 is 14.4 Å². The first kappa shape index (κ1) is 20.5. The molecule has 1 aliphatic heterocycles. The van der Waals surface area contributed by atoms with E-state index in [1.54, 1.807) is 6.07 Å². The van der Waals surface area contributed by atoms with Gasteiger partial charge in [0.1, 0.15) is 5.75 Å². The zero-order valence-corrected chi connectivity index (χ0v) is 18.2. The van der Waals surface area contributed by atoms with Crippen molar-refractivity contribution in [1.82, 2.24) is 14.3 Å². The largest absolute Gasteiger partial charge is 0.430 e. The van der Waals surface area contributed by atoms with Gasteiger partial charge in [-0.15, -0.1) is 0 Å². The van der Waals surface area contributed by atoms with E-state index in [-0.39, 0.29) is 18.1 Å². The van der Waals surface area contributed by atoms with Crippen molar-refractivity contribution < 1.29 is 14.3 Å². The van der Waals surface area contributed by atoms with Gasteiger partial charge in [0.25, 0.3) is 11.1 Å². The third-order valence-corrected chi connectivity index (χ3v) is 5.56. The average molecular weight is 424 g/mol. The van der Waals surface area contributed by atoms with Crippen molar-refractivity contribution >= 4 is 17.4 Å². The SMILES string of the molecule is Cc1ccc(Cc2nsc(Oc3cccc(C(=O)N4CC(C)OC(C)C4)c3)n2)cc1. The summed E-state index contributed by atoms with van der Waals surface area (Å²) in [7, 11) is 0. The predicted molar refractivity (Wildman–Crippen MR) is 116 cm³/mol. The van der Waals surface area contributed by atoms with E-state index in [4.69, 9.17) is 9.47 Å². The van der Waals surface area contributed by atoms with E-state index in [1.165, 1.54) is 17.1 Å². The Balaban J connectivity index is 1.42. The molecule has 30 heavy (non-hydrogen) atoms. The van der Waals surface area contributed by atoms with E-state index >= 15 is 0 Å². The summed E-state index contributed by atoms with van der Waals surface area (Å²) in [5, 5.41) is 0.468. The van der Waals surface area contributed by atoms with E-state index < -0.39 is 0 Å². The third-order valence-electron chi connectivity index (χ3n) is 4.93. The van der Waals surface area contributed by atoms with Gasteiger partial charge in [0.15, 0.2) is 5.82 Å². The van der Waals surface area contributed by atoms with Gasteiger partial charge in [-0.2, -0.15) is 9.36 Å². The lowest BCUT2D eigenvalue weighted by Crippen LogP contribution is -2.48. The van der Waals surface area contributed by atoms with Crippen molar-refractivity contribution in [2.24, 2.45) is 0 Å². The highest BCUT2D eigenvalue weighted by Crippen LogP contribution is 2.25. The lowest BCUT2D eigenvalue weighted by molar-refractivity contribution is -0.0586. The van der Waals surface area contributed by atoms with Crippen molar-refractivity contribution in [3.8, 4) is 10.9 Å². The molecule has 0 saturated carbocycles. The lowest BCUT2D eigenvalue weighted by Gasteiger charge is -2.35. The first-order valence-corrected chi connectivity index (χ1v) is 10.8. The van der Waals surface area contributed by atoms with Crippen LogP contribution in [0, 0.1) is 6.92 Å². The Morgan fingerprint density at radius 3 is 2.63 bits per heavy atom. The molecule has 1 amide bonds. The summed E-state index contributed by atoms with van der Waals surface area (Å²) in [5.41, 5.74) is 2.98. The first-order valence-electron chi connectivity index (χ1n) is 10.1. The minimum atomic E-state index is -0.0141. The quantitative estimate of drug-likeness (QED) is 0.605. The van der Waals surface area contributed by atoms with Crippen molar-refractivity contribution in [2.75, 3.05) is 13.1 Å². The minimum Gasteiger partial charge on any atom is -0.430 e. The molecule has 1 fully saturated rings. The van der Waals surface area contributed by atoms with E-state index in [0.29, 0.717) is 36.0 Å². The molecule has 1 aromatic heterocycles. The van der Waals surface area contributed by atoms with Crippen LogP contribution in [0.3, 0.4) is 0 Å². The van der Waals surface area contributed by atoms with Crippen LogP contribution in [0.4, 0.5) is 0 Å². The number of benzene rings is 2. The van der Waals surface area contributed by atoms with Crippen LogP contribution < -0.4 is 4.74 Å². The second-order valence-electron chi connectivity index (χ2n) is 7.74. The Hall–Kier alpha value is -2.77. The maximum absolute atomic E-state index is 12.9. The number of hydrogen-bond acceptors (Lipinski definition) is 6. The number of hydrogen-bond donors (Lipinski definition) is 0. The van der Waals surface area contributed by atoms with Gasteiger partial charge in [0.2, 0.25) is 0 Å². The fraction of sp³-hybridized carbons (Fsp3) is 0.348. The zero-order chi connectivity index (χ0) is 21.1. The predicted octanol–water partition coefficient (Wildman–Crippen LogP) is 4.48. The van der Waals surface area contributed by atoms with Gasteiger partial charge in [-0.1, -0.05) is 35.9 Å². The maximum Gasteiger partial charge on any atom is 0.298 e. The van der Waals surface area contributed by atoms with Crippen molar-refractivity contribution in [3.05, 3.63) is 71.0 Å². The molecule has 2 atom stereocenters. The zero-order valence-electron chi connectivity index (χ0n) is 17.4. The van der Waals surface area contributed by atoms with Crippen LogP contribution in [0.2, 0.25) is 0 Å². The number of carbonyl (C=O) groups is 1. The number of nitrogens with zero attached hydrogens (tertiary/aromatic N) is 3. The number of aromatic nitrogens is 2. The van der Waals surface area contributed by atoms with E-state index in [1.807, 2.05) is 36.9 Å². The lowest BCUT2D eigenvalue weighted by atomic mass is 10.1. The highest BCUT2D eigenvalue weighted by atomic mass is 32.1. The van der Waals surface area contributed by atoms with Crippen LogP contribution >= 0.6 is 11.5 Å². The summed E-state index contributed by atoms with van der Waals surface area (Å²) in [6, 6.07) is 15.5. The molecule has 7 heteroatoms. The van der Waals surface area contributed by atoms with Gasteiger partial charge in [-0.25, -0.2) is 0 Å². The van der Waals surface area contributed by atoms with Crippen LogP contribution in [-0.2, 0) is 11.2 Å². The molecule has 0 N–H and O–H groups in total. The number of morpholine rings is 1. The van der Waals surface area contributed by atoms with E-state index in [9.17, 15) is 4.79 Å².